The van der Waals surface area contributed by atoms with Gasteiger partial charge in [-0.3, -0.25) is 0 Å². The van der Waals surface area contributed by atoms with E-state index in [0.29, 0.717) is 82.3 Å². The number of allylic oxidation sites excluding steroid dienone is 17. The number of nitrogens with zero attached hydrogens (tertiary/aromatic N) is 1. The molecule has 3 aliphatic rings. The molecule has 78 heavy (non-hydrogen) atoms. The molecular formula is C75H117N3. The summed E-state index contributed by atoms with van der Waals surface area (Å²) in [5, 5.41) is 10.5. The zero-order chi connectivity index (χ0) is 57.5. The third-order valence-corrected chi connectivity index (χ3v) is 20.1. The van der Waals surface area contributed by atoms with Crippen molar-refractivity contribution in [3.8, 4) is 6.07 Å². The molecule has 0 saturated heterocycles. The third-order valence-electron chi connectivity index (χ3n) is 20.1. The lowest BCUT2D eigenvalue weighted by molar-refractivity contribution is 0.0276. The normalized spacial score (nSPS) is 38.8. The minimum atomic E-state index is 0.0207. The number of anilines is 1. The maximum Gasteiger partial charge on any atom is 0.0659 e. The summed E-state index contributed by atoms with van der Waals surface area (Å²) in [6.07, 6.45) is 49.2. The fourth-order valence-corrected chi connectivity index (χ4v) is 15.6. The monoisotopic (exact) mass is 1060 g/mol. The molecule has 0 heterocycles. The van der Waals surface area contributed by atoms with Gasteiger partial charge in [-0.25, -0.2) is 0 Å². The van der Waals surface area contributed by atoms with Crippen molar-refractivity contribution in [3.63, 3.8) is 0 Å². The van der Waals surface area contributed by atoms with Crippen molar-refractivity contribution in [1.82, 2.24) is 0 Å². The summed E-state index contributed by atoms with van der Waals surface area (Å²) in [5.74, 6) is 9.48. The molecule has 0 aromatic heterocycles. The molecule has 2 fully saturated rings. The predicted octanol–water partition coefficient (Wildman–Crippen LogP) is 21.1. The number of nitrogen functional groups attached to an aromatic ring is 1. The minimum Gasteiger partial charge on any atom is -0.399 e. The zero-order valence-corrected chi connectivity index (χ0v) is 52.3. The molecule has 0 spiro atoms. The van der Waals surface area contributed by atoms with Crippen LogP contribution in [-0.2, 0) is 0 Å². The van der Waals surface area contributed by atoms with E-state index in [-0.39, 0.29) is 12.0 Å². The molecule has 19 atom stereocenters. The predicted molar refractivity (Wildman–Crippen MR) is 345 cm³/mol. The van der Waals surface area contributed by atoms with Gasteiger partial charge in [0.15, 0.2) is 0 Å². The number of hydrogen-bond acceptors (Lipinski definition) is 3. The molecule has 1 aromatic rings. The first-order valence-corrected chi connectivity index (χ1v) is 31.7. The molecule has 0 radical (unpaired) electrons. The van der Waals surface area contributed by atoms with Crippen molar-refractivity contribution < 1.29 is 0 Å². The Balaban J connectivity index is 1.53. The van der Waals surface area contributed by atoms with E-state index in [9.17, 15) is 5.26 Å². The molecule has 4 N–H and O–H groups in total. The second-order valence-corrected chi connectivity index (χ2v) is 28.1. The van der Waals surface area contributed by atoms with Gasteiger partial charge in [0.1, 0.15) is 0 Å². The summed E-state index contributed by atoms with van der Waals surface area (Å²) < 4.78 is 0. The van der Waals surface area contributed by atoms with Gasteiger partial charge in [0.05, 0.1) is 12.0 Å². The van der Waals surface area contributed by atoms with Crippen LogP contribution in [0.5, 0.6) is 0 Å². The molecule has 1 aromatic carbocycles. The van der Waals surface area contributed by atoms with Gasteiger partial charge in [0.2, 0.25) is 0 Å². The topological polar surface area (TPSA) is 75.8 Å². The van der Waals surface area contributed by atoms with Crippen LogP contribution in [0.15, 0.2) is 140 Å². The Morgan fingerprint density at radius 2 is 1.17 bits per heavy atom. The number of benzene rings is 1. The minimum absolute atomic E-state index is 0.0207. The Labute approximate surface area is 482 Å². The summed E-state index contributed by atoms with van der Waals surface area (Å²) in [4.78, 5) is 0. The van der Waals surface area contributed by atoms with Crippen molar-refractivity contribution in [2.75, 3.05) is 5.73 Å². The summed E-state index contributed by atoms with van der Waals surface area (Å²) in [5.41, 5.74) is 19.0. The fraction of sp³-hybridized carbons (Fsp3) is 0.640. The number of nitrogens with two attached hydrogens (primary N) is 2. The van der Waals surface area contributed by atoms with Crippen LogP contribution in [-0.4, -0.2) is 6.04 Å². The van der Waals surface area contributed by atoms with E-state index in [1.807, 2.05) is 12.1 Å². The SMILES string of the molecule is C=C1CC(C)CC(=C)CC(C(C)CCC(C)CC(=C)c2ccc(N)cc2)C(C)/C=C/C=C/C=C/C=C/C=C/C=C/C=C/C(CC2CC(C)C(C)C(N)C2C)CC2CC(C)(CC(C)CC(C)CC(C)CC(C#N)C1)CC(C)C2C. The molecule has 0 amide bonds. The Morgan fingerprint density at radius 1 is 0.615 bits per heavy atom. The first-order valence-electron chi connectivity index (χ1n) is 31.7. The van der Waals surface area contributed by atoms with Gasteiger partial charge >= 0.3 is 0 Å². The average molecular weight is 1060 g/mol. The molecule has 3 nitrogen and oxygen atoms in total. The number of rotatable bonds is 9. The summed E-state index contributed by atoms with van der Waals surface area (Å²) >= 11 is 0. The molecule has 2 bridgehead atoms. The number of hydrogen-bond donors (Lipinski definition) is 2. The first-order chi connectivity index (χ1) is 37.0. The van der Waals surface area contributed by atoms with E-state index in [4.69, 9.17) is 18.0 Å². The molecule has 432 valence electrons. The van der Waals surface area contributed by atoms with Gasteiger partial charge in [-0.15, -0.1) is 0 Å². The highest BCUT2D eigenvalue weighted by Crippen LogP contribution is 2.52. The smallest absolute Gasteiger partial charge is 0.0659 e. The van der Waals surface area contributed by atoms with Crippen molar-refractivity contribution >= 4 is 11.3 Å². The van der Waals surface area contributed by atoms with Crippen LogP contribution >= 0.6 is 0 Å². The summed E-state index contributed by atoms with van der Waals surface area (Å²) in [6.45, 7) is 45.8. The standard InChI is InChI=1S/C75H117N3/c1-52(41-62(11)69-33-35-72(77)36-34-69)31-32-60(9)73-44-57(6)39-53(2)37-55(4)42-68(51-76)43-56(5)38-54(3)40-58(7)48-75(16)49-63(12)64(13)71(50-75)47-67(46-70-45-61(10)65(14)74(78)66(70)15)30-28-26-24-22-20-18-17-19-21-23-25-27-29-59(73)8/h17-30,33-36,52-54,56,58-61,63-68,70-71,73-74H,4,6,11,31-32,37-50,77-78H2,1-3,5,7-10,12-16H3/b18-17+,21-19+,22-20+,25-23+,26-24+,29-27+,30-28+. The van der Waals surface area contributed by atoms with Crippen LogP contribution in [0.3, 0.4) is 0 Å². The Hall–Kier alpha value is -4.13. The summed E-state index contributed by atoms with van der Waals surface area (Å²) in [7, 11) is 0. The van der Waals surface area contributed by atoms with E-state index in [0.717, 1.165) is 68.4 Å². The molecule has 3 heteroatoms. The van der Waals surface area contributed by atoms with Crippen molar-refractivity contribution in [1.29, 1.82) is 5.26 Å². The van der Waals surface area contributed by atoms with E-state index < -0.39 is 0 Å². The highest BCUT2D eigenvalue weighted by Gasteiger charge is 2.42. The van der Waals surface area contributed by atoms with Crippen LogP contribution in [0, 0.1) is 117 Å². The molecule has 0 aliphatic heterocycles. The quantitative estimate of drug-likeness (QED) is 0.191. The van der Waals surface area contributed by atoms with Crippen molar-refractivity contribution in [2.24, 2.45) is 112 Å². The summed E-state index contributed by atoms with van der Waals surface area (Å²) in [6, 6.07) is 11.2. The molecule has 4 rings (SSSR count). The lowest BCUT2D eigenvalue weighted by Gasteiger charge is -2.48. The Morgan fingerprint density at radius 3 is 1.77 bits per heavy atom. The third kappa shape index (κ3) is 23.2. The van der Waals surface area contributed by atoms with Crippen LogP contribution in [0.1, 0.15) is 198 Å². The van der Waals surface area contributed by atoms with Crippen molar-refractivity contribution in [3.05, 3.63) is 146 Å². The Kier molecular flexibility index (Phi) is 28.6. The highest BCUT2D eigenvalue weighted by atomic mass is 14.7. The van der Waals surface area contributed by atoms with E-state index in [1.165, 1.54) is 80.1 Å². The van der Waals surface area contributed by atoms with E-state index in [1.54, 1.807) is 0 Å². The molecule has 2 saturated carbocycles. The molecule has 3 aliphatic carbocycles. The van der Waals surface area contributed by atoms with E-state index in [2.05, 4.69) is 206 Å². The zero-order valence-electron chi connectivity index (χ0n) is 52.3. The lowest BCUT2D eigenvalue weighted by atomic mass is 9.57. The largest absolute Gasteiger partial charge is 0.399 e. The first kappa shape index (κ1) is 66.4. The van der Waals surface area contributed by atoms with Gasteiger partial charge in [0.25, 0.3) is 0 Å². The highest BCUT2D eigenvalue weighted by molar-refractivity contribution is 5.65. The van der Waals surface area contributed by atoms with Crippen LogP contribution in [0.4, 0.5) is 5.69 Å². The van der Waals surface area contributed by atoms with Crippen LogP contribution < -0.4 is 11.5 Å². The molecule has 19 unspecified atom stereocenters. The van der Waals surface area contributed by atoms with Gasteiger partial charge < -0.3 is 11.5 Å². The lowest BCUT2D eigenvalue weighted by Crippen LogP contribution is -2.46. The van der Waals surface area contributed by atoms with Crippen molar-refractivity contribution in [2.45, 2.75) is 199 Å². The average Bonchev–Trinajstić information content (AvgIpc) is 3.37. The number of fused-ring (bicyclic) bond motifs is 2. The van der Waals surface area contributed by atoms with Crippen LogP contribution in [0.25, 0.3) is 5.57 Å². The van der Waals surface area contributed by atoms with Gasteiger partial charge in [-0.1, -0.05) is 231 Å². The van der Waals surface area contributed by atoms with Gasteiger partial charge in [-0.05, 0) is 213 Å². The maximum absolute atomic E-state index is 10.5. The fourth-order valence-electron chi connectivity index (χ4n) is 15.6. The molecular weight excluding hydrogens is 943 g/mol. The van der Waals surface area contributed by atoms with Gasteiger partial charge in [0, 0.05) is 11.7 Å². The number of nitriles is 1. The Bertz CT molecular complexity index is 2220. The van der Waals surface area contributed by atoms with Gasteiger partial charge in [-0.2, -0.15) is 5.26 Å². The van der Waals surface area contributed by atoms with E-state index >= 15 is 0 Å². The second-order valence-electron chi connectivity index (χ2n) is 28.1. The second kappa shape index (κ2) is 33.6. The maximum atomic E-state index is 10.5. The van der Waals surface area contributed by atoms with Crippen LogP contribution in [0.2, 0.25) is 0 Å².